The Morgan fingerprint density at radius 2 is 1.85 bits per heavy atom. The Morgan fingerprint density at radius 3 is 2.55 bits per heavy atom. The van der Waals surface area contributed by atoms with Crippen LogP contribution in [0.2, 0.25) is 10.0 Å². The highest BCUT2D eigenvalue weighted by Crippen LogP contribution is 2.29. The van der Waals surface area contributed by atoms with Gasteiger partial charge in [-0.05, 0) is 42.7 Å². The van der Waals surface area contributed by atoms with Gasteiger partial charge in [-0.3, -0.25) is 0 Å². The molecule has 0 saturated carbocycles. The van der Waals surface area contributed by atoms with Gasteiger partial charge in [-0.2, -0.15) is 0 Å². The van der Waals surface area contributed by atoms with Crippen molar-refractivity contribution in [2.45, 2.75) is 32.7 Å². The fraction of sp³-hybridized carbons (Fsp3) is 0.294. The first kappa shape index (κ1) is 15.2. The molecule has 2 aromatic rings. The van der Waals surface area contributed by atoms with Crippen LogP contribution in [0.5, 0.6) is 0 Å². The van der Waals surface area contributed by atoms with Crippen molar-refractivity contribution in [3.05, 3.63) is 63.6 Å². The molecule has 0 bridgehead atoms. The Labute approximate surface area is 130 Å². The lowest BCUT2D eigenvalue weighted by molar-refractivity contribution is 0.867. The highest BCUT2D eigenvalue weighted by molar-refractivity contribution is 6.35. The Morgan fingerprint density at radius 1 is 1.10 bits per heavy atom. The van der Waals surface area contributed by atoms with E-state index in [0.29, 0.717) is 10.0 Å². The monoisotopic (exact) mass is 307 g/mol. The van der Waals surface area contributed by atoms with E-state index in [2.05, 4.69) is 43.4 Å². The smallest absolute Gasteiger partial charge is 0.0500 e. The lowest BCUT2D eigenvalue weighted by atomic mass is 10.0. The number of aryl methyl sites for hydroxylation is 1. The van der Waals surface area contributed by atoms with E-state index >= 15 is 0 Å². The van der Waals surface area contributed by atoms with E-state index in [-0.39, 0.29) is 6.04 Å². The van der Waals surface area contributed by atoms with Gasteiger partial charge >= 0.3 is 0 Å². The fourth-order valence-corrected chi connectivity index (χ4v) is 2.88. The van der Waals surface area contributed by atoms with E-state index in [0.717, 1.165) is 18.4 Å². The summed E-state index contributed by atoms with van der Waals surface area (Å²) in [5.41, 5.74) is 3.57. The van der Waals surface area contributed by atoms with E-state index in [1.165, 1.54) is 11.3 Å². The minimum absolute atomic E-state index is 0.137. The maximum atomic E-state index is 6.27. The molecule has 1 unspecified atom stereocenters. The molecule has 106 valence electrons. The molecule has 0 aliphatic heterocycles. The summed E-state index contributed by atoms with van der Waals surface area (Å²) in [6.45, 7) is 4.30. The summed E-state index contributed by atoms with van der Waals surface area (Å²) < 4.78 is 0. The first-order chi connectivity index (χ1) is 9.61. The van der Waals surface area contributed by atoms with Gasteiger partial charge in [-0.15, -0.1) is 0 Å². The highest BCUT2D eigenvalue weighted by Gasteiger charge is 2.11. The molecule has 0 heterocycles. The summed E-state index contributed by atoms with van der Waals surface area (Å²) in [6.07, 6.45) is 2.21. The Kier molecular flexibility index (Phi) is 5.33. The first-order valence-corrected chi connectivity index (χ1v) is 7.66. The van der Waals surface area contributed by atoms with Crippen molar-refractivity contribution in [2.24, 2.45) is 0 Å². The van der Waals surface area contributed by atoms with Crippen LogP contribution in [0.15, 0.2) is 42.5 Å². The zero-order chi connectivity index (χ0) is 14.5. The molecule has 0 radical (unpaired) electrons. The van der Waals surface area contributed by atoms with E-state index < -0.39 is 0 Å². The number of rotatable bonds is 5. The third-order valence-electron chi connectivity index (χ3n) is 3.34. The molecule has 0 spiro atoms. The van der Waals surface area contributed by atoms with Crippen LogP contribution in [0.3, 0.4) is 0 Å². The van der Waals surface area contributed by atoms with Gasteiger partial charge in [-0.25, -0.2) is 0 Å². The van der Waals surface area contributed by atoms with Gasteiger partial charge in [0.15, 0.2) is 0 Å². The quantitative estimate of drug-likeness (QED) is 0.701. The summed E-state index contributed by atoms with van der Waals surface area (Å²) in [5.74, 6) is 0. The topological polar surface area (TPSA) is 12.0 Å². The number of anilines is 1. The Bertz CT molecular complexity index is 581. The summed E-state index contributed by atoms with van der Waals surface area (Å²) >= 11 is 12.2. The highest BCUT2D eigenvalue weighted by atomic mass is 35.5. The third-order valence-corrected chi connectivity index (χ3v) is 3.90. The first-order valence-electron chi connectivity index (χ1n) is 6.91. The predicted molar refractivity (Wildman–Crippen MR) is 88.9 cm³/mol. The van der Waals surface area contributed by atoms with Crippen LogP contribution in [-0.4, -0.2) is 0 Å². The second-order valence-electron chi connectivity index (χ2n) is 4.94. The lowest BCUT2D eigenvalue weighted by Crippen LogP contribution is -2.09. The number of hydrogen-bond acceptors (Lipinski definition) is 1. The average molecular weight is 308 g/mol. The molecular weight excluding hydrogens is 289 g/mol. The van der Waals surface area contributed by atoms with Gasteiger partial charge in [0, 0.05) is 15.7 Å². The molecule has 0 saturated heterocycles. The van der Waals surface area contributed by atoms with Crippen molar-refractivity contribution in [3.8, 4) is 0 Å². The van der Waals surface area contributed by atoms with Gasteiger partial charge in [-0.1, -0.05) is 60.8 Å². The molecule has 0 aliphatic rings. The molecule has 20 heavy (non-hydrogen) atoms. The summed E-state index contributed by atoms with van der Waals surface area (Å²) in [5, 5.41) is 4.91. The molecule has 2 rings (SSSR count). The molecule has 2 aromatic carbocycles. The number of para-hydroxylation sites is 1. The SMILES string of the molecule is CCCc1ccccc1NC(C)c1ccc(Cl)cc1Cl. The van der Waals surface area contributed by atoms with Gasteiger partial charge in [0.2, 0.25) is 0 Å². The molecule has 1 atom stereocenters. The van der Waals surface area contributed by atoms with Gasteiger partial charge in [0.1, 0.15) is 0 Å². The summed E-state index contributed by atoms with van der Waals surface area (Å²) in [6, 6.07) is 14.2. The Balaban J connectivity index is 2.21. The van der Waals surface area contributed by atoms with Crippen molar-refractivity contribution in [1.82, 2.24) is 0 Å². The van der Waals surface area contributed by atoms with Gasteiger partial charge < -0.3 is 5.32 Å². The minimum atomic E-state index is 0.137. The van der Waals surface area contributed by atoms with Crippen molar-refractivity contribution < 1.29 is 0 Å². The standard InChI is InChI=1S/C17H19Cl2N/c1-3-6-13-7-4-5-8-17(13)20-12(2)15-10-9-14(18)11-16(15)19/h4-5,7-12,20H,3,6H2,1-2H3. The van der Waals surface area contributed by atoms with E-state index in [9.17, 15) is 0 Å². The third kappa shape index (κ3) is 3.68. The Hall–Kier alpha value is -1.18. The molecule has 1 N–H and O–H groups in total. The maximum absolute atomic E-state index is 6.27. The van der Waals surface area contributed by atoms with Gasteiger partial charge in [0.25, 0.3) is 0 Å². The summed E-state index contributed by atoms with van der Waals surface area (Å²) in [4.78, 5) is 0. The molecular formula is C17H19Cl2N. The number of halogens is 2. The molecule has 3 heteroatoms. The van der Waals surface area contributed by atoms with Crippen LogP contribution in [0.1, 0.15) is 37.4 Å². The predicted octanol–water partition coefficient (Wildman–Crippen LogP) is 6.12. The van der Waals surface area contributed by atoms with Crippen LogP contribution < -0.4 is 5.32 Å². The van der Waals surface area contributed by atoms with Crippen molar-refractivity contribution >= 4 is 28.9 Å². The van der Waals surface area contributed by atoms with Crippen molar-refractivity contribution in [1.29, 1.82) is 0 Å². The normalized spacial score (nSPS) is 12.2. The van der Waals surface area contributed by atoms with E-state index in [4.69, 9.17) is 23.2 Å². The van der Waals surface area contributed by atoms with Crippen LogP contribution in [-0.2, 0) is 6.42 Å². The zero-order valence-corrected chi connectivity index (χ0v) is 13.3. The van der Waals surface area contributed by atoms with Crippen molar-refractivity contribution in [3.63, 3.8) is 0 Å². The van der Waals surface area contributed by atoms with E-state index in [1.807, 2.05) is 12.1 Å². The van der Waals surface area contributed by atoms with Gasteiger partial charge in [0.05, 0.1) is 6.04 Å². The maximum Gasteiger partial charge on any atom is 0.0500 e. The fourth-order valence-electron chi connectivity index (χ4n) is 2.31. The minimum Gasteiger partial charge on any atom is -0.378 e. The zero-order valence-electron chi connectivity index (χ0n) is 11.8. The van der Waals surface area contributed by atoms with Crippen LogP contribution in [0.25, 0.3) is 0 Å². The molecule has 0 aromatic heterocycles. The number of hydrogen-bond donors (Lipinski definition) is 1. The molecule has 0 fully saturated rings. The second kappa shape index (κ2) is 7.01. The number of nitrogens with one attached hydrogen (secondary N) is 1. The summed E-state index contributed by atoms with van der Waals surface area (Å²) in [7, 11) is 0. The molecule has 0 amide bonds. The largest absolute Gasteiger partial charge is 0.378 e. The van der Waals surface area contributed by atoms with E-state index in [1.54, 1.807) is 6.07 Å². The molecule has 0 aliphatic carbocycles. The second-order valence-corrected chi connectivity index (χ2v) is 5.78. The molecule has 1 nitrogen and oxygen atoms in total. The lowest BCUT2D eigenvalue weighted by Gasteiger charge is -2.19. The van der Waals surface area contributed by atoms with Crippen molar-refractivity contribution in [2.75, 3.05) is 5.32 Å². The van der Waals surface area contributed by atoms with Crippen LogP contribution >= 0.6 is 23.2 Å². The average Bonchev–Trinajstić information content (AvgIpc) is 2.41. The van der Waals surface area contributed by atoms with Crippen LogP contribution in [0.4, 0.5) is 5.69 Å². The van der Waals surface area contributed by atoms with Crippen LogP contribution in [0, 0.1) is 0 Å². The number of benzene rings is 2.